The van der Waals surface area contributed by atoms with Gasteiger partial charge in [0.25, 0.3) is 0 Å². The zero-order valence-corrected chi connectivity index (χ0v) is 12.9. The molecule has 0 aromatic heterocycles. The third kappa shape index (κ3) is 4.78. The van der Waals surface area contributed by atoms with Crippen LogP contribution in [0.5, 0.6) is 0 Å². The molecule has 3 N–H and O–H groups in total. The molecule has 20 heavy (non-hydrogen) atoms. The standard InChI is InChI=1S/C15H29N3O2/c1-3-18(4-2)13(19)9-8-12-17-14(20)15(16)10-6-5-7-11-15/h3-12,16H2,1-2H3,(H,17,20). The van der Waals surface area contributed by atoms with Crippen molar-refractivity contribution in [3.05, 3.63) is 0 Å². The summed E-state index contributed by atoms with van der Waals surface area (Å²) in [5.74, 6) is 0.108. The summed E-state index contributed by atoms with van der Waals surface area (Å²) in [5.41, 5.74) is 5.47. The van der Waals surface area contributed by atoms with Crippen molar-refractivity contribution >= 4 is 11.8 Å². The second kappa shape index (κ2) is 8.25. The van der Waals surface area contributed by atoms with Gasteiger partial charge in [-0.3, -0.25) is 9.59 Å². The van der Waals surface area contributed by atoms with Crippen LogP contribution in [0.2, 0.25) is 0 Å². The lowest BCUT2D eigenvalue weighted by atomic mass is 9.82. The number of nitrogens with one attached hydrogen (secondary N) is 1. The van der Waals surface area contributed by atoms with Gasteiger partial charge < -0.3 is 16.0 Å². The first kappa shape index (κ1) is 17.0. The van der Waals surface area contributed by atoms with E-state index in [0.29, 0.717) is 19.4 Å². The van der Waals surface area contributed by atoms with E-state index in [1.54, 1.807) is 0 Å². The Morgan fingerprint density at radius 3 is 2.30 bits per heavy atom. The monoisotopic (exact) mass is 283 g/mol. The van der Waals surface area contributed by atoms with Crippen LogP contribution in [0.3, 0.4) is 0 Å². The molecule has 1 fully saturated rings. The van der Waals surface area contributed by atoms with E-state index in [4.69, 9.17) is 5.73 Å². The van der Waals surface area contributed by atoms with E-state index < -0.39 is 5.54 Å². The van der Waals surface area contributed by atoms with Gasteiger partial charge in [0, 0.05) is 26.1 Å². The van der Waals surface area contributed by atoms with E-state index in [0.717, 1.165) is 38.8 Å². The highest BCUT2D eigenvalue weighted by atomic mass is 16.2. The molecule has 0 unspecified atom stereocenters. The average molecular weight is 283 g/mol. The van der Waals surface area contributed by atoms with Crippen LogP contribution in [0.4, 0.5) is 0 Å². The summed E-state index contributed by atoms with van der Waals surface area (Å²) in [6.45, 7) is 5.97. The van der Waals surface area contributed by atoms with Crippen molar-refractivity contribution in [2.24, 2.45) is 5.73 Å². The summed E-state index contributed by atoms with van der Waals surface area (Å²) >= 11 is 0. The third-order valence-electron chi connectivity index (χ3n) is 4.17. The number of carbonyl (C=O) groups is 2. The molecule has 1 aliphatic carbocycles. The topological polar surface area (TPSA) is 75.4 Å². The molecule has 0 aromatic carbocycles. The lowest BCUT2D eigenvalue weighted by molar-refractivity contribution is -0.131. The lowest BCUT2D eigenvalue weighted by Gasteiger charge is -2.31. The quantitative estimate of drug-likeness (QED) is 0.694. The Morgan fingerprint density at radius 2 is 1.75 bits per heavy atom. The van der Waals surface area contributed by atoms with Crippen LogP contribution in [-0.4, -0.2) is 41.9 Å². The van der Waals surface area contributed by atoms with E-state index in [9.17, 15) is 9.59 Å². The first-order valence-electron chi connectivity index (χ1n) is 7.88. The Kier molecular flexibility index (Phi) is 6.99. The molecule has 1 aliphatic rings. The van der Waals surface area contributed by atoms with Crippen molar-refractivity contribution in [1.29, 1.82) is 0 Å². The predicted octanol–water partition coefficient (Wildman–Crippen LogP) is 1.41. The van der Waals surface area contributed by atoms with Gasteiger partial charge in [0.05, 0.1) is 5.54 Å². The zero-order valence-electron chi connectivity index (χ0n) is 12.9. The molecule has 2 amide bonds. The van der Waals surface area contributed by atoms with Crippen molar-refractivity contribution in [2.75, 3.05) is 19.6 Å². The average Bonchev–Trinajstić information content (AvgIpc) is 2.45. The molecule has 0 bridgehead atoms. The fraction of sp³-hybridized carbons (Fsp3) is 0.867. The molecule has 1 rings (SSSR count). The maximum Gasteiger partial charge on any atom is 0.240 e. The van der Waals surface area contributed by atoms with Crippen molar-refractivity contribution < 1.29 is 9.59 Å². The molecular formula is C15H29N3O2. The van der Waals surface area contributed by atoms with Gasteiger partial charge in [-0.15, -0.1) is 0 Å². The first-order chi connectivity index (χ1) is 9.53. The minimum atomic E-state index is -0.679. The largest absolute Gasteiger partial charge is 0.354 e. The smallest absolute Gasteiger partial charge is 0.240 e. The summed E-state index contributed by atoms with van der Waals surface area (Å²) in [4.78, 5) is 25.7. The van der Waals surface area contributed by atoms with Crippen LogP contribution < -0.4 is 11.1 Å². The lowest BCUT2D eigenvalue weighted by Crippen LogP contribution is -2.55. The predicted molar refractivity (Wildman–Crippen MR) is 80.2 cm³/mol. The van der Waals surface area contributed by atoms with Crippen molar-refractivity contribution in [2.45, 2.75) is 64.3 Å². The van der Waals surface area contributed by atoms with E-state index in [1.165, 1.54) is 6.42 Å². The molecule has 0 heterocycles. The fourth-order valence-corrected chi connectivity index (χ4v) is 2.76. The van der Waals surface area contributed by atoms with E-state index in [2.05, 4.69) is 5.32 Å². The third-order valence-corrected chi connectivity index (χ3v) is 4.17. The Balaban J connectivity index is 2.23. The van der Waals surface area contributed by atoms with Crippen LogP contribution in [0.25, 0.3) is 0 Å². The number of nitrogens with two attached hydrogens (primary N) is 1. The summed E-state index contributed by atoms with van der Waals surface area (Å²) in [6, 6.07) is 0. The minimum absolute atomic E-state index is 0.0486. The molecule has 0 aliphatic heterocycles. The zero-order chi connectivity index (χ0) is 15.0. The molecule has 0 spiro atoms. The second-order valence-corrected chi connectivity index (χ2v) is 5.64. The molecule has 0 aromatic rings. The molecular weight excluding hydrogens is 254 g/mol. The van der Waals surface area contributed by atoms with Gasteiger partial charge in [0.2, 0.25) is 11.8 Å². The van der Waals surface area contributed by atoms with E-state index in [-0.39, 0.29) is 11.8 Å². The number of carbonyl (C=O) groups excluding carboxylic acids is 2. The maximum absolute atomic E-state index is 12.1. The number of amides is 2. The van der Waals surface area contributed by atoms with E-state index >= 15 is 0 Å². The molecule has 5 heteroatoms. The molecule has 116 valence electrons. The highest BCUT2D eigenvalue weighted by Crippen LogP contribution is 2.25. The second-order valence-electron chi connectivity index (χ2n) is 5.64. The molecule has 5 nitrogen and oxygen atoms in total. The number of hydrogen-bond donors (Lipinski definition) is 2. The van der Waals surface area contributed by atoms with Gasteiger partial charge in [-0.2, -0.15) is 0 Å². The Hall–Kier alpha value is -1.10. The number of hydrogen-bond acceptors (Lipinski definition) is 3. The number of rotatable bonds is 7. The van der Waals surface area contributed by atoms with Crippen LogP contribution in [-0.2, 0) is 9.59 Å². The Bertz CT molecular complexity index is 321. The van der Waals surface area contributed by atoms with E-state index in [1.807, 2.05) is 18.7 Å². The molecule has 0 radical (unpaired) electrons. The van der Waals surface area contributed by atoms with Gasteiger partial charge in [0.1, 0.15) is 0 Å². The SMILES string of the molecule is CCN(CC)C(=O)CCCNC(=O)C1(N)CCCCC1. The minimum Gasteiger partial charge on any atom is -0.354 e. The fourth-order valence-electron chi connectivity index (χ4n) is 2.76. The van der Waals surface area contributed by atoms with Crippen LogP contribution in [0.15, 0.2) is 0 Å². The summed E-state index contributed by atoms with van der Waals surface area (Å²) in [7, 11) is 0. The van der Waals surface area contributed by atoms with Crippen LogP contribution >= 0.6 is 0 Å². The summed E-state index contributed by atoms with van der Waals surface area (Å²) < 4.78 is 0. The van der Waals surface area contributed by atoms with Gasteiger partial charge in [-0.25, -0.2) is 0 Å². The van der Waals surface area contributed by atoms with Crippen molar-refractivity contribution in [3.8, 4) is 0 Å². The van der Waals surface area contributed by atoms with Gasteiger partial charge in [-0.1, -0.05) is 19.3 Å². The summed E-state index contributed by atoms with van der Waals surface area (Å²) in [5, 5.41) is 2.89. The van der Waals surface area contributed by atoms with Gasteiger partial charge in [0.15, 0.2) is 0 Å². The molecule has 1 saturated carbocycles. The van der Waals surface area contributed by atoms with Crippen molar-refractivity contribution in [1.82, 2.24) is 10.2 Å². The molecule has 0 atom stereocenters. The maximum atomic E-state index is 12.1. The highest BCUT2D eigenvalue weighted by molar-refractivity contribution is 5.86. The van der Waals surface area contributed by atoms with Crippen LogP contribution in [0.1, 0.15) is 58.8 Å². The van der Waals surface area contributed by atoms with Crippen molar-refractivity contribution in [3.63, 3.8) is 0 Å². The van der Waals surface area contributed by atoms with Gasteiger partial charge in [-0.05, 0) is 33.1 Å². The first-order valence-corrected chi connectivity index (χ1v) is 7.88. The summed E-state index contributed by atoms with van der Waals surface area (Å²) in [6.07, 6.45) is 5.95. The number of nitrogens with zero attached hydrogens (tertiary/aromatic N) is 1. The van der Waals surface area contributed by atoms with Crippen LogP contribution in [0, 0.1) is 0 Å². The Labute approximate surface area is 122 Å². The van der Waals surface area contributed by atoms with Gasteiger partial charge >= 0.3 is 0 Å². The molecule has 0 saturated heterocycles. The Morgan fingerprint density at radius 1 is 1.15 bits per heavy atom. The highest BCUT2D eigenvalue weighted by Gasteiger charge is 2.34. The normalized spacial score (nSPS) is 17.6.